The van der Waals surface area contributed by atoms with Crippen molar-refractivity contribution in [2.24, 2.45) is 0 Å². The minimum Gasteiger partial charge on any atom is -0.494 e. The first-order valence-corrected chi connectivity index (χ1v) is 18.1. The van der Waals surface area contributed by atoms with Crippen LogP contribution in [0.2, 0.25) is 15.1 Å². The van der Waals surface area contributed by atoms with E-state index < -0.39 is 28.5 Å². The summed E-state index contributed by atoms with van der Waals surface area (Å²) in [6, 6.07) is 25.3. The number of hydrogen-bond acceptors (Lipinski definition) is 5. The van der Waals surface area contributed by atoms with Crippen molar-refractivity contribution in [1.82, 2.24) is 10.2 Å². The van der Waals surface area contributed by atoms with Crippen LogP contribution in [-0.2, 0) is 32.6 Å². The highest BCUT2D eigenvalue weighted by Gasteiger charge is 2.35. The van der Waals surface area contributed by atoms with Gasteiger partial charge in [-0.3, -0.25) is 13.9 Å². The Labute approximate surface area is 297 Å². The van der Waals surface area contributed by atoms with E-state index in [-0.39, 0.29) is 40.5 Å². The number of ether oxygens (including phenoxy) is 1. The Kier molecular flexibility index (Phi) is 13.2. The van der Waals surface area contributed by atoms with Gasteiger partial charge in [-0.2, -0.15) is 0 Å². The van der Waals surface area contributed by atoms with Crippen molar-refractivity contribution in [3.63, 3.8) is 0 Å². The lowest BCUT2D eigenvalue weighted by Gasteiger charge is -2.34. The summed E-state index contributed by atoms with van der Waals surface area (Å²) in [6.07, 6.45) is 0.860. The molecule has 0 saturated heterocycles. The van der Waals surface area contributed by atoms with Crippen molar-refractivity contribution in [2.45, 2.75) is 57.1 Å². The van der Waals surface area contributed by atoms with Gasteiger partial charge in [-0.15, -0.1) is 0 Å². The topological polar surface area (TPSA) is 96.0 Å². The van der Waals surface area contributed by atoms with E-state index in [0.29, 0.717) is 34.4 Å². The average molecular weight is 731 g/mol. The molecule has 0 spiro atoms. The third-order valence-electron chi connectivity index (χ3n) is 7.73. The normalized spacial score (nSPS) is 12.5. The molecule has 0 aromatic heterocycles. The Balaban J connectivity index is 1.82. The summed E-state index contributed by atoms with van der Waals surface area (Å²) in [5, 5.41) is 4.00. The number of rotatable bonds is 15. The van der Waals surface area contributed by atoms with E-state index >= 15 is 0 Å². The highest BCUT2D eigenvalue weighted by molar-refractivity contribution is 7.92. The zero-order valence-electron chi connectivity index (χ0n) is 26.9. The minimum absolute atomic E-state index is 0.0424. The van der Waals surface area contributed by atoms with E-state index in [9.17, 15) is 18.0 Å². The smallest absolute Gasteiger partial charge is 0.264 e. The Morgan fingerprint density at radius 1 is 0.833 bits per heavy atom. The Bertz CT molecular complexity index is 1790. The fourth-order valence-corrected chi connectivity index (χ4v) is 6.83. The van der Waals surface area contributed by atoms with Gasteiger partial charge in [0.05, 0.1) is 27.2 Å². The van der Waals surface area contributed by atoms with Crippen LogP contribution in [0, 0.1) is 0 Å². The zero-order valence-corrected chi connectivity index (χ0v) is 30.0. The number of sulfonamides is 1. The van der Waals surface area contributed by atoms with Gasteiger partial charge in [0.1, 0.15) is 18.3 Å². The molecule has 48 heavy (non-hydrogen) atoms. The summed E-state index contributed by atoms with van der Waals surface area (Å²) in [5.74, 6) is -0.426. The average Bonchev–Trinajstić information content (AvgIpc) is 3.07. The van der Waals surface area contributed by atoms with Gasteiger partial charge < -0.3 is 15.0 Å². The van der Waals surface area contributed by atoms with Crippen LogP contribution in [0.25, 0.3) is 0 Å². The number of benzene rings is 4. The third-order valence-corrected chi connectivity index (χ3v) is 10.5. The van der Waals surface area contributed by atoms with Crippen LogP contribution >= 0.6 is 34.8 Å². The number of carbonyl (C=O) groups excluding carboxylic acids is 2. The van der Waals surface area contributed by atoms with Crippen molar-refractivity contribution < 1.29 is 22.7 Å². The van der Waals surface area contributed by atoms with Crippen molar-refractivity contribution >= 4 is 62.3 Å². The molecule has 0 unspecified atom stereocenters. The van der Waals surface area contributed by atoms with Crippen LogP contribution < -0.4 is 14.4 Å². The molecular formula is C36H38Cl3N3O5S. The van der Waals surface area contributed by atoms with Crippen molar-refractivity contribution in [2.75, 3.05) is 17.5 Å². The molecule has 8 nitrogen and oxygen atoms in total. The van der Waals surface area contributed by atoms with Crippen LogP contribution in [0.4, 0.5) is 5.69 Å². The van der Waals surface area contributed by atoms with Crippen molar-refractivity contribution in [3.8, 4) is 5.75 Å². The monoisotopic (exact) mass is 729 g/mol. The quantitative estimate of drug-likeness (QED) is 0.135. The lowest BCUT2D eigenvalue weighted by atomic mass is 10.0. The molecule has 0 heterocycles. The van der Waals surface area contributed by atoms with Gasteiger partial charge in [-0.1, -0.05) is 78.1 Å². The first kappa shape index (κ1) is 37.1. The highest BCUT2D eigenvalue weighted by atomic mass is 35.5. The Morgan fingerprint density at radius 2 is 1.50 bits per heavy atom. The van der Waals surface area contributed by atoms with E-state index in [1.165, 1.54) is 29.2 Å². The van der Waals surface area contributed by atoms with Gasteiger partial charge in [0, 0.05) is 24.0 Å². The molecule has 4 aromatic rings. The maximum absolute atomic E-state index is 14.6. The third kappa shape index (κ3) is 9.66. The van der Waals surface area contributed by atoms with E-state index in [0.717, 1.165) is 9.87 Å². The number of amides is 2. The molecular weight excluding hydrogens is 693 g/mol. The standard InChI is InChI=1S/C36H38Cl3N3O5S/c1-4-25(3)40-36(44)34(22-26-9-7-6-8-10-26)41(23-27-11-20-32(38)33(39)21-27)35(43)24-42(29-14-16-30(17-15-29)47-5-2)48(45,46)31-18-12-28(37)13-19-31/h6-21,25,34H,4-5,22-24H2,1-3H3,(H,40,44)/t25-,34+/m0/s1. The summed E-state index contributed by atoms with van der Waals surface area (Å²) in [5.41, 5.74) is 1.67. The van der Waals surface area contributed by atoms with E-state index in [1.807, 2.05) is 51.1 Å². The second kappa shape index (κ2) is 17.1. The van der Waals surface area contributed by atoms with Gasteiger partial charge >= 0.3 is 0 Å². The highest BCUT2D eigenvalue weighted by Crippen LogP contribution is 2.29. The predicted molar refractivity (Wildman–Crippen MR) is 192 cm³/mol. The van der Waals surface area contributed by atoms with Gasteiger partial charge in [-0.25, -0.2) is 8.42 Å². The second-order valence-corrected chi connectivity index (χ2v) is 14.3. The molecule has 1 N–H and O–H groups in total. The largest absolute Gasteiger partial charge is 0.494 e. The van der Waals surface area contributed by atoms with Crippen LogP contribution in [-0.4, -0.2) is 50.4 Å². The summed E-state index contributed by atoms with van der Waals surface area (Å²) < 4.78 is 35.0. The molecule has 0 radical (unpaired) electrons. The summed E-state index contributed by atoms with van der Waals surface area (Å²) in [6.45, 7) is 5.45. The lowest BCUT2D eigenvalue weighted by molar-refractivity contribution is -0.140. The van der Waals surface area contributed by atoms with E-state index in [1.54, 1.807) is 42.5 Å². The van der Waals surface area contributed by atoms with Crippen LogP contribution in [0.1, 0.15) is 38.3 Å². The first-order valence-electron chi connectivity index (χ1n) is 15.5. The summed E-state index contributed by atoms with van der Waals surface area (Å²) in [7, 11) is -4.29. The number of nitrogens with zero attached hydrogens (tertiary/aromatic N) is 2. The van der Waals surface area contributed by atoms with Crippen molar-refractivity contribution in [1.29, 1.82) is 0 Å². The molecule has 0 bridgehead atoms. The van der Waals surface area contributed by atoms with Crippen LogP contribution in [0.15, 0.2) is 102 Å². The molecule has 2 atom stereocenters. The second-order valence-electron chi connectivity index (χ2n) is 11.2. The molecule has 4 aromatic carbocycles. The Morgan fingerprint density at radius 3 is 2.10 bits per heavy atom. The first-order chi connectivity index (χ1) is 22.9. The van der Waals surface area contributed by atoms with Gasteiger partial charge in [-0.05, 0) is 92.1 Å². The number of carbonyl (C=O) groups is 2. The fraction of sp³-hybridized carbons (Fsp3) is 0.278. The SMILES string of the molecule is CCOc1ccc(N(CC(=O)N(Cc2ccc(Cl)c(Cl)c2)[C@H](Cc2ccccc2)C(=O)N[C@@H](C)CC)S(=O)(=O)c2ccc(Cl)cc2)cc1. The van der Waals surface area contributed by atoms with Crippen LogP contribution in [0.3, 0.4) is 0 Å². The lowest BCUT2D eigenvalue weighted by Crippen LogP contribution is -2.54. The number of nitrogens with one attached hydrogen (secondary N) is 1. The summed E-state index contributed by atoms with van der Waals surface area (Å²) in [4.78, 5) is 29.9. The molecule has 0 saturated carbocycles. The number of halogens is 3. The Hall–Kier alpha value is -3.76. The molecule has 4 rings (SSSR count). The van der Waals surface area contributed by atoms with Crippen molar-refractivity contribution in [3.05, 3.63) is 123 Å². The molecule has 0 fully saturated rings. The molecule has 12 heteroatoms. The number of hydrogen-bond donors (Lipinski definition) is 1. The fourth-order valence-electron chi connectivity index (χ4n) is 4.97. The minimum atomic E-state index is -4.29. The predicted octanol–water partition coefficient (Wildman–Crippen LogP) is 7.80. The molecule has 0 aliphatic rings. The molecule has 0 aliphatic heterocycles. The number of anilines is 1. The maximum Gasteiger partial charge on any atom is 0.264 e. The van der Waals surface area contributed by atoms with Gasteiger partial charge in [0.2, 0.25) is 11.8 Å². The molecule has 254 valence electrons. The van der Waals surface area contributed by atoms with E-state index in [2.05, 4.69) is 5.32 Å². The van der Waals surface area contributed by atoms with Gasteiger partial charge in [0.25, 0.3) is 10.0 Å². The summed E-state index contributed by atoms with van der Waals surface area (Å²) >= 11 is 18.6. The van der Waals surface area contributed by atoms with E-state index in [4.69, 9.17) is 39.5 Å². The van der Waals surface area contributed by atoms with Crippen LogP contribution in [0.5, 0.6) is 5.75 Å². The maximum atomic E-state index is 14.6. The zero-order chi connectivity index (χ0) is 34.8. The van der Waals surface area contributed by atoms with Gasteiger partial charge in [0.15, 0.2) is 0 Å². The molecule has 0 aliphatic carbocycles. The molecule has 2 amide bonds.